The van der Waals surface area contributed by atoms with Gasteiger partial charge in [0.1, 0.15) is 11.4 Å². The lowest BCUT2D eigenvalue weighted by molar-refractivity contribution is 0.0693. The number of nitrogens with zero attached hydrogens (tertiary/aromatic N) is 1. The third-order valence-corrected chi connectivity index (χ3v) is 4.17. The normalized spacial score (nSPS) is 22.2. The second kappa shape index (κ2) is 4.79. The van der Waals surface area contributed by atoms with Gasteiger partial charge in [-0.25, -0.2) is 9.78 Å². The summed E-state index contributed by atoms with van der Waals surface area (Å²) in [6.07, 6.45) is 4.40. The molecule has 0 amide bonds. The number of H-pyrrole nitrogens is 1. The zero-order chi connectivity index (χ0) is 14.2. The van der Waals surface area contributed by atoms with Crippen LogP contribution in [0.25, 0.3) is 0 Å². The van der Waals surface area contributed by atoms with E-state index in [9.17, 15) is 9.59 Å². The minimum absolute atomic E-state index is 0.0887. The SMILES string of the molecule is Cc1nc(C2CCCCC2(C)C)[nH]c(=O)c1C(=O)O. The number of hydrogen-bond acceptors (Lipinski definition) is 3. The van der Waals surface area contributed by atoms with Gasteiger partial charge in [-0.15, -0.1) is 0 Å². The summed E-state index contributed by atoms with van der Waals surface area (Å²) in [6.45, 7) is 5.94. The van der Waals surface area contributed by atoms with Crippen molar-refractivity contribution in [1.29, 1.82) is 0 Å². The predicted octanol–water partition coefficient (Wildman–Crippen LogP) is 2.46. The summed E-state index contributed by atoms with van der Waals surface area (Å²) >= 11 is 0. The molecule has 2 rings (SSSR count). The summed E-state index contributed by atoms with van der Waals surface area (Å²) in [5, 5.41) is 8.99. The first kappa shape index (κ1) is 13.8. The van der Waals surface area contributed by atoms with E-state index < -0.39 is 11.5 Å². The second-order valence-electron chi connectivity index (χ2n) is 6.00. The van der Waals surface area contributed by atoms with Gasteiger partial charge in [0.15, 0.2) is 0 Å². The van der Waals surface area contributed by atoms with Gasteiger partial charge in [0, 0.05) is 5.92 Å². The molecule has 1 aliphatic rings. The van der Waals surface area contributed by atoms with Crippen molar-refractivity contribution in [1.82, 2.24) is 9.97 Å². The van der Waals surface area contributed by atoms with Crippen molar-refractivity contribution in [3.05, 3.63) is 27.4 Å². The Labute approximate surface area is 112 Å². The number of carbonyl (C=O) groups is 1. The molecule has 0 radical (unpaired) electrons. The molecule has 1 saturated carbocycles. The lowest BCUT2D eigenvalue weighted by Gasteiger charge is -2.37. The van der Waals surface area contributed by atoms with Crippen molar-refractivity contribution in [2.24, 2.45) is 5.41 Å². The minimum atomic E-state index is -1.22. The van der Waals surface area contributed by atoms with Crippen LogP contribution < -0.4 is 5.56 Å². The van der Waals surface area contributed by atoms with E-state index in [1.165, 1.54) is 6.42 Å². The molecule has 1 aromatic rings. The maximum absolute atomic E-state index is 11.9. The molecule has 2 N–H and O–H groups in total. The van der Waals surface area contributed by atoms with Crippen molar-refractivity contribution in [2.75, 3.05) is 0 Å². The van der Waals surface area contributed by atoms with E-state index in [1.807, 2.05) is 0 Å². The number of carboxylic acids is 1. The molecule has 0 saturated heterocycles. The van der Waals surface area contributed by atoms with Gasteiger partial charge < -0.3 is 10.1 Å². The molecule has 0 spiro atoms. The number of aryl methyl sites for hydroxylation is 1. The van der Waals surface area contributed by atoms with Crippen LogP contribution in [0.5, 0.6) is 0 Å². The fraction of sp³-hybridized carbons (Fsp3) is 0.643. The highest BCUT2D eigenvalue weighted by molar-refractivity contribution is 5.88. The number of carboxylic acid groups (broad SMARTS) is 1. The molecule has 1 atom stereocenters. The molecular formula is C14H20N2O3. The van der Waals surface area contributed by atoms with Crippen molar-refractivity contribution in [2.45, 2.75) is 52.4 Å². The molecule has 1 heterocycles. The van der Waals surface area contributed by atoms with Crippen LogP contribution >= 0.6 is 0 Å². The monoisotopic (exact) mass is 264 g/mol. The molecule has 1 aromatic heterocycles. The van der Waals surface area contributed by atoms with Crippen molar-refractivity contribution >= 4 is 5.97 Å². The molecule has 19 heavy (non-hydrogen) atoms. The van der Waals surface area contributed by atoms with Gasteiger partial charge in [0.25, 0.3) is 5.56 Å². The first-order valence-corrected chi connectivity index (χ1v) is 6.67. The highest BCUT2D eigenvalue weighted by Gasteiger charge is 2.35. The third kappa shape index (κ3) is 2.55. The highest BCUT2D eigenvalue weighted by Crippen LogP contribution is 2.45. The predicted molar refractivity (Wildman–Crippen MR) is 71.5 cm³/mol. The fourth-order valence-electron chi connectivity index (χ4n) is 3.03. The Kier molecular flexibility index (Phi) is 3.47. The van der Waals surface area contributed by atoms with Crippen LogP contribution in [0.2, 0.25) is 0 Å². The van der Waals surface area contributed by atoms with E-state index in [4.69, 9.17) is 5.11 Å². The van der Waals surface area contributed by atoms with Gasteiger partial charge in [-0.1, -0.05) is 26.7 Å². The summed E-state index contributed by atoms with van der Waals surface area (Å²) < 4.78 is 0. The molecule has 5 nitrogen and oxygen atoms in total. The molecule has 1 aliphatic carbocycles. The standard InChI is InChI=1S/C14H20N2O3/c1-8-10(13(18)19)12(17)16-11(15-8)9-6-4-5-7-14(9,2)3/h9H,4-7H2,1-3H3,(H,18,19)(H,15,16,17). The van der Waals surface area contributed by atoms with Gasteiger partial charge in [0.05, 0.1) is 5.69 Å². The lowest BCUT2D eigenvalue weighted by Crippen LogP contribution is -2.31. The number of rotatable bonds is 2. The van der Waals surface area contributed by atoms with E-state index in [0.717, 1.165) is 19.3 Å². The smallest absolute Gasteiger partial charge is 0.343 e. The Hall–Kier alpha value is -1.65. The zero-order valence-corrected chi connectivity index (χ0v) is 11.6. The molecule has 1 fully saturated rings. The van der Waals surface area contributed by atoms with E-state index >= 15 is 0 Å². The summed E-state index contributed by atoms with van der Waals surface area (Å²) in [5.41, 5.74) is -0.410. The third-order valence-electron chi connectivity index (χ3n) is 4.17. The van der Waals surface area contributed by atoms with Crippen LogP contribution in [0.3, 0.4) is 0 Å². The van der Waals surface area contributed by atoms with Gasteiger partial charge >= 0.3 is 5.97 Å². The average molecular weight is 264 g/mol. The molecule has 104 valence electrons. The number of hydrogen-bond donors (Lipinski definition) is 2. The second-order valence-corrected chi connectivity index (χ2v) is 6.00. The van der Waals surface area contributed by atoms with Crippen LogP contribution in [-0.4, -0.2) is 21.0 Å². The van der Waals surface area contributed by atoms with E-state index in [-0.39, 0.29) is 16.9 Å². The first-order chi connectivity index (χ1) is 8.83. The molecular weight excluding hydrogens is 244 g/mol. The first-order valence-electron chi connectivity index (χ1n) is 6.67. The number of aromatic nitrogens is 2. The van der Waals surface area contributed by atoms with Crippen LogP contribution in [0, 0.1) is 12.3 Å². The van der Waals surface area contributed by atoms with Gasteiger partial charge in [-0.2, -0.15) is 0 Å². The molecule has 5 heteroatoms. The maximum Gasteiger partial charge on any atom is 0.343 e. The number of aromatic amines is 1. The highest BCUT2D eigenvalue weighted by atomic mass is 16.4. The Morgan fingerprint density at radius 1 is 1.42 bits per heavy atom. The van der Waals surface area contributed by atoms with E-state index in [2.05, 4.69) is 23.8 Å². The van der Waals surface area contributed by atoms with Crippen molar-refractivity contribution in [3.63, 3.8) is 0 Å². The van der Waals surface area contributed by atoms with Crippen molar-refractivity contribution < 1.29 is 9.90 Å². The van der Waals surface area contributed by atoms with Crippen LogP contribution in [0.15, 0.2) is 4.79 Å². The molecule has 0 aromatic carbocycles. The fourth-order valence-corrected chi connectivity index (χ4v) is 3.03. The van der Waals surface area contributed by atoms with Gasteiger partial charge in [-0.3, -0.25) is 4.79 Å². The zero-order valence-electron chi connectivity index (χ0n) is 11.6. The van der Waals surface area contributed by atoms with Gasteiger partial charge in [0.2, 0.25) is 0 Å². The minimum Gasteiger partial charge on any atom is -0.477 e. The topological polar surface area (TPSA) is 83.0 Å². The molecule has 0 aliphatic heterocycles. The van der Waals surface area contributed by atoms with E-state index in [1.54, 1.807) is 6.92 Å². The number of nitrogens with one attached hydrogen (secondary N) is 1. The summed E-state index contributed by atoms with van der Waals surface area (Å²) in [6, 6.07) is 0. The van der Waals surface area contributed by atoms with Crippen LogP contribution in [0.4, 0.5) is 0 Å². The van der Waals surface area contributed by atoms with Crippen LogP contribution in [0.1, 0.15) is 67.3 Å². The average Bonchev–Trinajstić information content (AvgIpc) is 2.26. The Balaban J connectivity index is 2.47. The lowest BCUT2D eigenvalue weighted by atomic mass is 9.68. The summed E-state index contributed by atoms with van der Waals surface area (Å²) in [7, 11) is 0. The Bertz CT molecular complexity index is 560. The quantitative estimate of drug-likeness (QED) is 0.859. The largest absolute Gasteiger partial charge is 0.477 e. The Morgan fingerprint density at radius 3 is 2.63 bits per heavy atom. The van der Waals surface area contributed by atoms with Gasteiger partial charge in [-0.05, 0) is 25.2 Å². The van der Waals surface area contributed by atoms with E-state index in [0.29, 0.717) is 11.5 Å². The Morgan fingerprint density at radius 2 is 2.11 bits per heavy atom. The molecule has 0 bridgehead atoms. The van der Waals surface area contributed by atoms with Crippen LogP contribution in [-0.2, 0) is 0 Å². The maximum atomic E-state index is 11.9. The summed E-state index contributed by atoms with van der Waals surface area (Å²) in [5.74, 6) is -0.395. The van der Waals surface area contributed by atoms with Crippen molar-refractivity contribution in [3.8, 4) is 0 Å². The summed E-state index contributed by atoms with van der Waals surface area (Å²) in [4.78, 5) is 29.9. The molecule has 1 unspecified atom stereocenters. The number of aromatic carboxylic acids is 1.